The third-order valence-corrected chi connectivity index (χ3v) is 2.61. The number of aromatic nitrogens is 2. The molecule has 1 atom stereocenters. The lowest BCUT2D eigenvalue weighted by Gasteiger charge is -2.32. The Morgan fingerprint density at radius 1 is 1.40 bits per heavy atom. The Kier molecular flexibility index (Phi) is 4.29. The summed E-state index contributed by atoms with van der Waals surface area (Å²) in [4.78, 5) is 10.8. The number of rotatable bonds is 1. The summed E-state index contributed by atoms with van der Waals surface area (Å²) in [5, 5.41) is 0. The summed E-state index contributed by atoms with van der Waals surface area (Å²) in [6.07, 6.45) is 5.73. The molecule has 2 rings (SSSR count). The van der Waals surface area contributed by atoms with Gasteiger partial charge < -0.3 is 10.6 Å². The molecule has 1 aliphatic heterocycles. The molecule has 0 radical (unpaired) electrons. The molecule has 1 aromatic heterocycles. The van der Waals surface area contributed by atoms with Crippen molar-refractivity contribution in [1.29, 1.82) is 0 Å². The summed E-state index contributed by atoms with van der Waals surface area (Å²) in [5.74, 6) is 0.989. The highest BCUT2D eigenvalue weighted by Gasteiger charge is 2.19. The quantitative estimate of drug-likeness (QED) is 0.783. The van der Waals surface area contributed by atoms with Crippen LogP contribution in [0.25, 0.3) is 0 Å². The van der Waals surface area contributed by atoms with Gasteiger partial charge in [-0.3, -0.25) is 4.98 Å². The van der Waals surface area contributed by atoms with Crippen molar-refractivity contribution in [1.82, 2.24) is 9.97 Å². The van der Waals surface area contributed by atoms with Crippen LogP contribution in [0, 0.1) is 6.92 Å². The first-order valence-corrected chi connectivity index (χ1v) is 5.05. The van der Waals surface area contributed by atoms with Gasteiger partial charge in [0.15, 0.2) is 0 Å². The van der Waals surface area contributed by atoms with Crippen LogP contribution in [0.3, 0.4) is 0 Å². The zero-order valence-corrected chi connectivity index (χ0v) is 9.70. The molecule has 1 saturated heterocycles. The van der Waals surface area contributed by atoms with Crippen molar-refractivity contribution < 1.29 is 0 Å². The fourth-order valence-corrected chi connectivity index (χ4v) is 1.91. The van der Waals surface area contributed by atoms with Crippen LogP contribution in [0.4, 0.5) is 5.82 Å². The second-order valence-electron chi connectivity index (χ2n) is 3.81. The minimum atomic E-state index is 0. The van der Waals surface area contributed by atoms with Crippen molar-refractivity contribution in [2.24, 2.45) is 5.73 Å². The predicted octanol–water partition coefficient (Wildman–Crippen LogP) is 1.13. The summed E-state index contributed by atoms with van der Waals surface area (Å²) in [5.41, 5.74) is 6.91. The van der Waals surface area contributed by atoms with Gasteiger partial charge in [0.2, 0.25) is 0 Å². The highest BCUT2D eigenvalue weighted by Crippen LogP contribution is 2.18. The fourth-order valence-electron chi connectivity index (χ4n) is 1.91. The number of anilines is 1. The van der Waals surface area contributed by atoms with E-state index in [9.17, 15) is 0 Å². The first kappa shape index (κ1) is 12.2. The van der Waals surface area contributed by atoms with Crippen molar-refractivity contribution in [2.45, 2.75) is 25.8 Å². The van der Waals surface area contributed by atoms with Crippen LogP contribution >= 0.6 is 12.4 Å². The van der Waals surface area contributed by atoms with Gasteiger partial charge in [-0.25, -0.2) is 4.98 Å². The number of halogens is 1. The molecule has 5 heteroatoms. The standard InChI is InChI=1S/C10H16N4.ClH/c1-8-10(13-5-4-12-8)14-6-2-3-9(11)7-14;/h4-5,9H,2-3,6-7,11H2,1H3;1H. The summed E-state index contributed by atoms with van der Waals surface area (Å²) >= 11 is 0. The van der Waals surface area contributed by atoms with Gasteiger partial charge in [-0.05, 0) is 19.8 Å². The molecule has 2 N–H and O–H groups in total. The molecule has 84 valence electrons. The van der Waals surface area contributed by atoms with Crippen molar-refractivity contribution >= 4 is 18.2 Å². The van der Waals surface area contributed by atoms with E-state index in [0.29, 0.717) is 0 Å². The number of hydrogen-bond acceptors (Lipinski definition) is 4. The maximum absolute atomic E-state index is 5.92. The van der Waals surface area contributed by atoms with Crippen LogP contribution in [0.1, 0.15) is 18.5 Å². The molecule has 0 aliphatic carbocycles. The highest BCUT2D eigenvalue weighted by molar-refractivity contribution is 5.85. The van der Waals surface area contributed by atoms with E-state index in [1.165, 1.54) is 0 Å². The molecule has 2 heterocycles. The van der Waals surface area contributed by atoms with Crippen LogP contribution in [0.2, 0.25) is 0 Å². The van der Waals surface area contributed by atoms with Gasteiger partial charge >= 0.3 is 0 Å². The molecule has 1 fully saturated rings. The van der Waals surface area contributed by atoms with Crippen molar-refractivity contribution in [2.75, 3.05) is 18.0 Å². The van der Waals surface area contributed by atoms with Crippen LogP contribution in [0.15, 0.2) is 12.4 Å². The zero-order valence-electron chi connectivity index (χ0n) is 8.89. The molecule has 1 aromatic rings. The van der Waals surface area contributed by atoms with Gasteiger partial charge in [-0.15, -0.1) is 12.4 Å². The lowest BCUT2D eigenvalue weighted by molar-refractivity contribution is 0.502. The second kappa shape index (κ2) is 5.28. The average molecular weight is 229 g/mol. The third-order valence-electron chi connectivity index (χ3n) is 2.61. The molecule has 1 aliphatic rings. The van der Waals surface area contributed by atoms with Gasteiger partial charge in [-0.1, -0.05) is 0 Å². The Bertz CT molecular complexity index is 318. The second-order valence-corrected chi connectivity index (χ2v) is 3.81. The predicted molar refractivity (Wildman–Crippen MR) is 63.4 cm³/mol. The van der Waals surface area contributed by atoms with Gasteiger partial charge in [0.1, 0.15) is 5.82 Å². The molecule has 0 bridgehead atoms. The Hall–Kier alpha value is -0.870. The Labute approximate surface area is 96.3 Å². The largest absolute Gasteiger partial charge is 0.354 e. The number of nitrogens with two attached hydrogens (primary N) is 1. The Balaban J connectivity index is 0.00000112. The summed E-state index contributed by atoms with van der Waals surface area (Å²) < 4.78 is 0. The SMILES string of the molecule is Cc1nccnc1N1CCCC(N)C1.Cl. The summed E-state index contributed by atoms with van der Waals surface area (Å²) in [7, 11) is 0. The van der Waals surface area contributed by atoms with E-state index in [2.05, 4.69) is 14.9 Å². The summed E-state index contributed by atoms with van der Waals surface area (Å²) in [6, 6.07) is 0.283. The van der Waals surface area contributed by atoms with E-state index < -0.39 is 0 Å². The van der Waals surface area contributed by atoms with Crippen LogP contribution in [0.5, 0.6) is 0 Å². The molecule has 15 heavy (non-hydrogen) atoms. The number of piperidine rings is 1. The monoisotopic (exact) mass is 228 g/mol. The van der Waals surface area contributed by atoms with Gasteiger partial charge in [0.05, 0.1) is 5.69 Å². The van der Waals surface area contributed by atoms with Crippen LogP contribution < -0.4 is 10.6 Å². The number of aryl methyl sites for hydroxylation is 1. The molecule has 0 saturated carbocycles. The molecule has 4 nitrogen and oxygen atoms in total. The van der Waals surface area contributed by atoms with Crippen LogP contribution in [-0.2, 0) is 0 Å². The fraction of sp³-hybridized carbons (Fsp3) is 0.600. The topological polar surface area (TPSA) is 55.0 Å². The maximum Gasteiger partial charge on any atom is 0.150 e. The van der Waals surface area contributed by atoms with E-state index in [-0.39, 0.29) is 18.4 Å². The smallest absolute Gasteiger partial charge is 0.150 e. The van der Waals surface area contributed by atoms with Crippen molar-refractivity contribution in [3.8, 4) is 0 Å². The van der Waals surface area contributed by atoms with Crippen molar-refractivity contribution in [3.05, 3.63) is 18.1 Å². The lowest BCUT2D eigenvalue weighted by atomic mass is 10.1. The number of hydrogen-bond donors (Lipinski definition) is 1. The third kappa shape index (κ3) is 2.79. The Morgan fingerprint density at radius 3 is 2.80 bits per heavy atom. The molecular weight excluding hydrogens is 212 g/mol. The molecular formula is C10H17ClN4. The first-order valence-electron chi connectivity index (χ1n) is 5.05. The van der Waals surface area contributed by atoms with E-state index in [1.807, 2.05) is 6.92 Å². The van der Waals surface area contributed by atoms with Crippen molar-refractivity contribution in [3.63, 3.8) is 0 Å². The first-order chi connectivity index (χ1) is 6.77. The maximum atomic E-state index is 5.92. The van der Waals surface area contributed by atoms with E-state index in [1.54, 1.807) is 12.4 Å². The summed E-state index contributed by atoms with van der Waals surface area (Å²) in [6.45, 7) is 3.94. The molecule has 0 amide bonds. The number of nitrogens with zero attached hydrogens (tertiary/aromatic N) is 3. The highest BCUT2D eigenvalue weighted by atomic mass is 35.5. The van der Waals surface area contributed by atoms with Gasteiger partial charge in [0, 0.05) is 31.5 Å². The molecule has 0 aromatic carbocycles. The minimum absolute atomic E-state index is 0. The van der Waals surface area contributed by atoms with E-state index in [4.69, 9.17) is 5.73 Å². The van der Waals surface area contributed by atoms with E-state index >= 15 is 0 Å². The normalized spacial score (nSPS) is 20.9. The van der Waals surface area contributed by atoms with Crippen LogP contribution in [-0.4, -0.2) is 29.1 Å². The Morgan fingerprint density at radius 2 is 2.13 bits per heavy atom. The molecule has 0 spiro atoms. The lowest BCUT2D eigenvalue weighted by Crippen LogP contribution is -2.43. The van der Waals surface area contributed by atoms with Gasteiger partial charge in [-0.2, -0.15) is 0 Å². The minimum Gasteiger partial charge on any atom is -0.354 e. The average Bonchev–Trinajstić information content (AvgIpc) is 2.18. The van der Waals surface area contributed by atoms with E-state index in [0.717, 1.165) is 37.4 Å². The zero-order chi connectivity index (χ0) is 9.97. The molecule has 1 unspecified atom stereocenters. The van der Waals surface area contributed by atoms with Gasteiger partial charge in [0.25, 0.3) is 0 Å².